The number of hydrogen-bond acceptors (Lipinski definition) is 3. The van der Waals surface area contributed by atoms with Crippen LogP contribution in [-0.2, 0) is 4.74 Å². The summed E-state index contributed by atoms with van der Waals surface area (Å²) in [7, 11) is 0. The van der Waals surface area contributed by atoms with Crippen LogP contribution in [0.3, 0.4) is 0 Å². The molecule has 0 aliphatic carbocycles. The molecule has 0 atom stereocenters. The summed E-state index contributed by atoms with van der Waals surface area (Å²) in [6.07, 6.45) is 0. The Labute approximate surface area is 109 Å². The molecule has 0 radical (unpaired) electrons. The third-order valence-electron chi connectivity index (χ3n) is 3.06. The zero-order valence-corrected chi connectivity index (χ0v) is 10.7. The first-order valence-electron chi connectivity index (χ1n) is 5.92. The fourth-order valence-corrected chi connectivity index (χ4v) is 2.17. The molecule has 1 heterocycles. The van der Waals surface area contributed by atoms with Crippen LogP contribution in [-0.4, -0.2) is 36.4 Å². The van der Waals surface area contributed by atoms with E-state index in [1.807, 2.05) is 13.8 Å². The smallest absolute Gasteiger partial charge is 0.338 e. The van der Waals surface area contributed by atoms with Crippen LogP contribution in [0.4, 0.5) is 14.5 Å². The Morgan fingerprint density at radius 3 is 2.63 bits per heavy atom. The molecule has 1 fully saturated rings. The largest absolute Gasteiger partial charge is 0.478 e. The summed E-state index contributed by atoms with van der Waals surface area (Å²) in [6.45, 7) is 4.98. The second kappa shape index (κ2) is 4.77. The number of benzene rings is 1. The van der Waals surface area contributed by atoms with Crippen molar-refractivity contribution in [1.29, 1.82) is 0 Å². The molecule has 2 rings (SSSR count). The summed E-state index contributed by atoms with van der Waals surface area (Å²) in [5, 5.41) is 8.73. The maximum atomic E-state index is 13.9. The Bertz CT molecular complexity index is 517. The highest BCUT2D eigenvalue weighted by Crippen LogP contribution is 2.28. The van der Waals surface area contributed by atoms with Crippen LogP contribution in [0, 0.1) is 11.6 Å². The Morgan fingerprint density at radius 2 is 2.05 bits per heavy atom. The summed E-state index contributed by atoms with van der Waals surface area (Å²) in [4.78, 5) is 12.4. The highest BCUT2D eigenvalue weighted by atomic mass is 19.2. The van der Waals surface area contributed by atoms with Crippen LogP contribution in [0.2, 0.25) is 0 Å². The molecule has 1 aliphatic rings. The van der Waals surface area contributed by atoms with Crippen molar-refractivity contribution in [2.24, 2.45) is 0 Å². The van der Waals surface area contributed by atoms with Crippen LogP contribution in [0.1, 0.15) is 24.2 Å². The van der Waals surface area contributed by atoms with Gasteiger partial charge in [-0.3, -0.25) is 0 Å². The SMILES string of the molecule is CC1(C)CN(c2ccc(C(=O)O)c(F)c2F)CCO1. The van der Waals surface area contributed by atoms with E-state index in [-0.39, 0.29) is 5.69 Å². The highest BCUT2D eigenvalue weighted by Gasteiger charge is 2.30. The number of rotatable bonds is 2. The molecule has 1 aliphatic heterocycles. The molecular formula is C13H15F2NO3. The number of morpholine rings is 1. The van der Waals surface area contributed by atoms with Gasteiger partial charge in [-0.1, -0.05) is 0 Å². The molecule has 1 aromatic rings. The minimum atomic E-state index is -1.48. The van der Waals surface area contributed by atoms with Gasteiger partial charge < -0.3 is 14.7 Å². The summed E-state index contributed by atoms with van der Waals surface area (Å²) in [6, 6.07) is 2.38. The Hall–Kier alpha value is -1.69. The zero-order valence-electron chi connectivity index (χ0n) is 10.7. The van der Waals surface area contributed by atoms with Gasteiger partial charge in [0.25, 0.3) is 0 Å². The van der Waals surface area contributed by atoms with Gasteiger partial charge in [-0.2, -0.15) is 0 Å². The minimum Gasteiger partial charge on any atom is -0.478 e. The number of hydrogen-bond donors (Lipinski definition) is 1. The van der Waals surface area contributed by atoms with E-state index in [9.17, 15) is 13.6 Å². The van der Waals surface area contributed by atoms with Crippen LogP contribution >= 0.6 is 0 Å². The number of nitrogens with zero attached hydrogens (tertiary/aromatic N) is 1. The van der Waals surface area contributed by atoms with Crippen LogP contribution in [0.5, 0.6) is 0 Å². The van der Waals surface area contributed by atoms with Gasteiger partial charge in [-0.15, -0.1) is 0 Å². The number of carboxylic acids is 1. The maximum Gasteiger partial charge on any atom is 0.338 e. The average Bonchev–Trinajstić information content (AvgIpc) is 2.30. The molecule has 19 heavy (non-hydrogen) atoms. The predicted molar refractivity (Wildman–Crippen MR) is 65.6 cm³/mol. The number of carboxylic acid groups (broad SMARTS) is 1. The van der Waals surface area contributed by atoms with E-state index in [0.717, 1.165) is 6.07 Å². The molecule has 104 valence electrons. The number of aromatic carboxylic acids is 1. The lowest BCUT2D eigenvalue weighted by molar-refractivity contribution is -0.0278. The van der Waals surface area contributed by atoms with Gasteiger partial charge in [0.15, 0.2) is 11.6 Å². The number of carbonyl (C=O) groups is 1. The molecule has 0 amide bonds. The second-order valence-corrected chi connectivity index (χ2v) is 5.10. The summed E-state index contributed by atoms with van der Waals surface area (Å²) >= 11 is 0. The van der Waals surface area contributed by atoms with Crippen LogP contribution < -0.4 is 4.90 Å². The van der Waals surface area contributed by atoms with Gasteiger partial charge >= 0.3 is 5.97 Å². The molecule has 6 heteroatoms. The first-order chi connectivity index (χ1) is 8.82. The van der Waals surface area contributed by atoms with E-state index in [1.54, 1.807) is 4.90 Å². The molecule has 0 spiro atoms. The highest BCUT2D eigenvalue weighted by molar-refractivity contribution is 5.88. The van der Waals surface area contributed by atoms with Gasteiger partial charge in [0.1, 0.15) is 0 Å². The molecule has 1 saturated heterocycles. The summed E-state index contributed by atoms with van der Waals surface area (Å²) in [5.74, 6) is -3.93. The van der Waals surface area contributed by atoms with E-state index in [2.05, 4.69) is 0 Å². The zero-order chi connectivity index (χ0) is 14.2. The fourth-order valence-electron chi connectivity index (χ4n) is 2.17. The number of halogens is 2. The van der Waals surface area contributed by atoms with Crippen molar-refractivity contribution in [1.82, 2.24) is 0 Å². The third kappa shape index (κ3) is 2.68. The Kier molecular flexibility index (Phi) is 3.45. The fraction of sp³-hybridized carbons (Fsp3) is 0.462. The van der Waals surface area contributed by atoms with Gasteiger partial charge in [-0.25, -0.2) is 13.6 Å². The van der Waals surface area contributed by atoms with Crippen LogP contribution in [0.25, 0.3) is 0 Å². The van der Waals surface area contributed by atoms with Crippen LogP contribution in [0.15, 0.2) is 12.1 Å². The van der Waals surface area contributed by atoms with E-state index in [1.165, 1.54) is 6.07 Å². The average molecular weight is 271 g/mol. The normalized spacial score (nSPS) is 18.4. The summed E-state index contributed by atoms with van der Waals surface area (Å²) < 4.78 is 33.1. The number of anilines is 1. The van der Waals surface area contributed by atoms with Crippen molar-refractivity contribution < 1.29 is 23.4 Å². The maximum absolute atomic E-state index is 13.9. The standard InChI is InChI=1S/C13H15F2NO3/c1-13(2)7-16(5-6-19-13)9-4-3-8(12(17)18)10(14)11(9)15/h3-4H,5-7H2,1-2H3,(H,17,18). The van der Waals surface area contributed by atoms with Gasteiger partial charge in [-0.05, 0) is 26.0 Å². The predicted octanol–water partition coefficient (Wildman–Crippen LogP) is 2.28. The first-order valence-corrected chi connectivity index (χ1v) is 5.92. The van der Waals surface area contributed by atoms with E-state index < -0.39 is 28.8 Å². The van der Waals surface area contributed by atoms with Crippen molar-refractivity contribution in [2.75, 3.05) is 24.6 Å². The molecule has 1 aromatic carbocycles. The molecule has 1 N–H and O–H groups in total. The molecule has 0 unspecified atom stereocenters. The monoisotopic (exact) mass is 271 g/mol. The molecule has 4 nitrogen and oxygen atoms in total. The van der Waals surface area contributed by atoms with Gasteiger partial charge in [0.05, 0.1) is 23.5 Å². The van der Waals surface area contributed by atoms with E-state index in [0.29, 0.717) is 19.7 Å². The first kappa shape index (κ1) is 13.7. The van der Waals surface area contributed by atoms with Crippen molar-refractivity contribution in [3.8, 4) is 0 Å². The van der Waals surface area contributed by atoms with Crippen molar-refractivity contribution >= 4 is 11.7 Å². The molecule has 0 bridgehead atoms. The lowest BCUT2D eigenvalue weighted by Gasteiger charge is -2.39. The Morgan fingerprint density at radius 1 is 1.37 bits per heavy atom. The topological polar surface area (TPSA) is 49.8 Å². The van der Waals surface area contributed by atoms with Gasteiger partial charge in [0.2, 0.25) is 0 Å². The Balaban J connectivity index is 2.36. The second-order valence-electron chi connectivity index (χ2n) is 5.10. The van der Waals surface area contributed by atoms with Gasteiger partial charge in [0, 0.05) is 13.1 Å². The molecule has 0 saturated carbocycles. The quantitative estimate of drug-likeness (QED) is 0.896. The lowest BCUT2D eigenvalue weighted by atomic mass is 10.1. The lowest BCUT2D eigenvalue weighted by Crippen LogP contribution is -2.48. The molecule has 0 aromatic heterocycles. The van der Waals surface area contributed by atoms with Crippen molar-refractivity contribution in [3.05, 3.63) is 29.3 Å². The van der Waals surface area contributed by atoms with E-state index >= 15 is 0 Å². The minimum absolute atomic E-state index is 0.0684. The van der Waals surface area contributed by atoms with Crippen molar-refractivity contribution in [3.63, 3.8) is 0 Å². The third-order valence-corrected chi connectivity index (χ3v) is 3.06. The summed E-state index contributed by atoms with van der Waals surface area (Å²) in [5.41, 5.74) is -1.04. The number of ether oxygens (including phenoxy) is 1. The molecular weight excluding hydrogens is 256 g/mol. The van der Waals surface area contributed by atoms with E-state index in [4.69, 9.17) is 9.84 Å². The van der Waals surface area contributed by atoms with Crippen molar-refractivity contribution in [2.45, 2.75) is 19.4 Å².